The molecule has 1 fully saturated rings. The van der Waals surface area contributed by atoms with Crippen molar-refractivity contribution in [2.75, 3.05) is 5.32 Å². The Morgan fingerprint density at radius 3 is 2.75 bits per heavy atom. The quantitative estimate of drug-likeness (QED) is 0.836. The number of anilines is 1. The van der Waals surface area contributed by atoms with Crippen molar-refractivity contribution >= 4 is 45.8 Å². The number of nitriles is 1. The first kappa shape index (κ1) is 11.7. The molecule has 0 aromatic heterocycles. The summed E-state index contributed by atoms with van der Waals surface area (Å²) >= 11 is 7.91. The van der Waals surface area contributed by atoms with Gasteiger partial charge in [-0.05, 0) is 53.6 Å². The third kappa shape index (κ3) is 2.15. The number of hydrogen-bond donors (Lipinski definition) is 1. The Morgan fingerprint density at radius 2 is 2.25 bits per heavy atom. The Kier molecular flexibility index (Phi) is 3.08. The summed E-state index contributed by atoms with van der Waals surface area (Å²) in [5.74, 6) is -0.213. The van der Waals surface area contributed by atoms with Crippen molar-refractivity contribution in [3.05, 3.63) is 26.8 Å². The van der Waals surface area contributed by atoms with Gasteiger partial charge in [0.05, 0.1) is 11.8 Å². The lowest BCUT2D eigenvalue weighted by molar-refractivity contribution is -0.119. The number of benzene rings is 1. The minimum atomic E-state index is -0.789. The lowest BCUT2D eigenvalue weighted by atomic mass is 10.1. The Hall–Kier alpha value is -0.800. The Bertz CT molecular complexity index is 491. The van der Waals surface area contributed by atoms with Gasteiger partial charge in [-0.15, -0.1) is 0 Å². The molecule has 0 spiro atoms. The van der Waals surface area contributed by atoms with Gasteiger partial charge in [-0.1, -0.05) is 11.6 Å². The van der Waals surface area contributed by atoms with E-state index >= 15 is 0 Å². The first-order valence-electron chi connectivity index (χ1n) is 4.75. The van der Waals surface area contributed by atoms with Gasteiger partial charge in [0.2, 0.25) is 5.91 Å². The number of nitrogens with zero attached hydrogens (tertiary/aromatic N) is 1. The van der Waals surface area contributed by atoms with E-state index in [9.17, 15) is 4.79 Å². The van der Waals surface area contributed by atoms with Gasteiger partial charge in [0.25, 0.3) is 0 Å². The van der Waals surface area contributed by atoms with Crippen LogP contribution in [0.5, 0.6) is 0 Å². The maximum Gasteiger partial charge on any atom is 0.244 e. The highest BCUT2D eigenvalue weighted by Gasteiger charge is 2.50. The summed E-state index contributed by atoms with van der Waals surface area (Å²) in [6, 6.07) is 7.29. The van der Waals surface area contributed by atoms with Crippen LogP contribution in [0.4, 0.5) is 5.69 Å². The van der Waals surface area contributed by atoms with Crippen LogP contribution >= 0.6 is 34.2 Å². The van der Waals surface area contributed by atoms with Crippen LogP contribution in [0.1, 0.15) is 12.8 Å². The highest BCUT2D eigenvalue weighted by molar-refractivity contribution is 14.1. The maximum absolute atomic E-state index is 11.8. The van der Waals surface area contributed by atoms with Crippen molar-refractivity contribution in [3.63, 3.8) is 0 Å². The predicted molar refractivity (Wildman–Crippen MR) is 70.1 cm³/mol. The third-order valence-electron chi connectivity index (χ3n) is 2.58. The van der Waals surface area contributed by atoms with E-state index in [1.807, 2.05) is 0 Å². The molecular formula is C11H8ClIN2O. The van der Waals surface area contributed by atoms with E-state index in [1.54, 1.807) is 18.2 Å². The standard InChI is InChI=1S/C11H8ClIN2O/c12-7-1-2-9(8(13)5-7)15-10(16)11(6-14)3-4-11/h1-2,5H,3-4H2,(H,15,16). The van der Waals surface area contributed by atoms with Gasteiger partial charge in [0.1, 0.15) is 5.41 Å². The van der Waals surface area contributed by atoms with Gasteiger partial charge >= 0.3 is 0 Å². The van der Waals surface area contributed by atoms with E-state index in [4.69, 9.17) is 16.9 Å². The van der Waals surface area contributed by atoms with Crippen molar-refractivity contribution in [1.29, 1.82) is 5.26 Å². The number of carbonyl (C=O) groups is 1. The molecule has 0 radical (unpaired) electrons. The maximum atomic E-state index is 11.8. The van der Waals surface area contributed by atoms with E-state index in [0.717, 1.165) is 3.57 Å². The average Bonchev–Trinajstić information content (AvgIpc) is 3.03. The Balaban J connectivity index is 2.16. The van der Waals surface area contributed by atoms with Crippen LogP contribution in [0.3, 0.4) is 0 Å². The summed E-state index contributed by atoms with van der Waals surface area (Å²) in [6.45, 7) is 0. The summed E-state index contributed by atoms with van der Waals surface area (Å²) in [5.41, 5.74) is -0.0839. The smallest absolute Gasteiger partial charge is 0.244 e. The van der Waals surface area contributed by atoms with E-state index in [2.05, 4.69) is 34.0 Å². The second-order valence-corrected chi connectivity index (χ2v) is 5.37. The normalized spacial score (nSPS) is 16.3. The van der Waals surface area contributed by atoms with E-state index < -0.39 is 5.41 Å². The summed E-state index contributed by atoms with van der Waals surface area (Å²) in [5, 5.41) is 12.3. The lowest BCUT2D eigenvalue weighted by Crippen LogP contribution is -2.23. The zero-order valence-electron chi connectivity index (χ0n) is 8.26. The molecule has 1 aromatic rings. The fourth-order valence-electron chi connectivity index (χ4n) is 1.35. The first-order valence-corrected chi connectivity index (χ1v) is 6.21. The molecule has 0 bridgehead atoms. The molecule has 1 aliphatic rings. The van der Waals surface area contributed by atoms with Crippen LogP contribution < -0.4 is 5.32 Å². The molecule has 82 valence electrons. The molecule has 1 amide bonds. The highest BCUT2D eigenvalue weighted by Crippen LogP contribution is 2.45. The first-order chi connectivity index (χ1) is 7.57. The van der Waals surface area contributed by atoms with Crippen LogP contribution in [-0.4, -0.2) is 5.91 Å². The summed E-state index contributed by atoms with van der Waals surface area (Å²) in [4.78, 5) is 11.8. The van der Waals surface area contributed by atoms with Gasteiger partial charge in [0.15, 0.2) is 0 Å². The Morgan fingerprint density at radius 1 is 1.56 bits per heavy atom. The molecule has 3 nitrogen and oxygen atoms in total. The molecule has 0 heterocycles. The number of carbonyl (C=O) groups excluding carboxylic acids is 1. The van der Waals surface area contributed by atoms with Crippen molar-refractivity contribution in [1.82, 2.24) is 0 Å². The van der Waals surface area contributed by atoms with Crippen LogP contribution in [0.2, 0.25) is 5.02 Å². The minimum absolute atomic E-state index is 0.213. The lowest BCUT2D eigenvalue weighted by Gasteiger charge is -2.09. The molecular weight excluding hydrogens is 338 g/mol. The fourth-order valence-corrected chi connectivity index (χ4v) is 2.35. The van der Waals surface area contributed by atoms with Crippen molar-refractivity contribution in [3.8, 4) is 6.07 Å². The van der Waals surface area contributed by atoms with Crippen LogP contribution in [0.25, 0.3) is 0 Å². The second-order valence-electron chi connectivity index (χ2n) is 3.77. The van der Waals surface area contributed by atoms with Gasteiger partial charge in [-0.2, -0.15) is 5.26 Å². The molecule has 0 saturated heterocycles. The zero-order valence-corrected chi connectivity index (χ0v) is 11.2. The zero-order chi connectivity index (χ0) is 11.8. The largest absolute Gasteiger partial charge is 0.324 e. The number of halogens is 2. The summed E-state index contributed by atoms with van der Waals surface area (Å²) in [6.07, 6.45) is 1.30. The molecule has 0 unspecified atom stereocenters. The predicted octanol–water partition coefficient (Wildman–Crippen LogP) is 3.19. The number of amides is 1. The van der Waals surface area contributed by atoms with Gasteiger partial charge in [0, 0.05) is 8.59 Å². The molecule has 0 atom stereocenters. The van der Waals surface area contributed by atoms with Crippen LogP contribution in [0.15, 0.2) is 18.2 Å². The van der Waals surface area contributed by atoms with Crippen LogP contribution in [-0.2, 0) is 4.79 Å². The molecule has 2 rings (SSSR count). The topological polar surface area (TPSA) is 52.9 Å². The minimum Gasteiger partial charge on any atom is -0.324 e. The molecule has 1 aliphatic carbocycles. The van der Waals surface area contributed by atoms with Gasteiger partial charge in [-0.3, -0.25) is 4.79 Å². The van der Waals surface area contributed by atoms with Crippen molar-refractivity contribution in [2.24, 2.45) is 5.41 Å². The average molecular weight is 347 g/mol. The highest BCUT2D eigenvalue weighted by atomic mass is 127. The van der Waals surface area contributed by atoms with Gasteiger partial charge < -0.3 is 5.32 Å². The van der Waals surface area contributed by atoms with Gasteiger partial charge in [-0.25, -0.2) is 0 Å². The van der Waals surface area contributed by atoms with E-state index in [-0.39, 0.29) is 5.91 Å². The molecule has 16 heavy (non-hydrogen) atoms. The third-order valence-corrected chi connectivity index (χ3v) is 3.71. The number of hydrogen-bond acceptors (Lipinski definition) is 2. The molecule has 1 saturated carbocycles. The monoisotopic (exact) mass is 346 g/mol. The number of nitrogens with one attached hydrogen (secondary N) is 1. The van der Waals surface area contributed by atoms with Crippen LogP contribution in [0, 0.1) is 20.3 Å². The van der Waals surface area contributed by atoms with Crippen molar-refractivity contribution in [2.45, 2.75) is 12.8 Å². The molecule has 1 N–H and O–H groups in total. The SMILES string of the molecule is N#CC1(C(=O)Nc2ccc(Cl)cc2I)CC1. The second kappa shape index (κ2) is 4.22. The summed E-state index contributed by atoms with van der Waals surface area (Å²) < 4.78 is 0.868. The van der Waals surface area contributed by atoms with Crippen molar-refractivity contribution < 1.29 is 4.79 Å². The summed E-state index contributed by atoms with van der Waals surface area (Å²) in [7, 11) is 0. The molecule has 5 heteroatoms. The molecule has 1 aromatic carbocycles. The number of rotatable bonds is 2. The van der Waals surface area contributed by atoms with E-state index in [0.29, 0.717) is 23.6 Å². The Labute approximate surface area is 112 Å². The van der Waals surface area contributed by atoms with E-state index in [1.165, 1.54) is 0 Å². The fraction of sp³-hybridized carbons (Fsp3) is 0.273. The molecule has 0 aliphatic heterocycles.